The lowest BCUT2D eigenvalue weighted by Crippen LogP contribution is -2.14. The number of nitrogens with zero attached hydrogens (tertiary/aromatic N) is 3. The molecule has 0 unspecified atom stereocenters. The second-order valence-electron chi connectivity index (χ2n) is 8.32. The Hall–Kier alpha value is -3.97. The van der Waals surface area contributed by atoms with Crippen LogP contribution in [-0.2, 0) is 4.79 Å². The number of aromatic nitrogens is 2. The van der Waals surface area contributed by atoms with Gasteiger partial charge in [-0.2, -0.15) is 5.26 Å². The van der Waals surface area contributed by atoms with Crippen LogP contribution in [0.25, 0.3) is 33.6 Å². The van der Waals surface area contributed by atoms with Crippen molar-refractivity contribution in [3.63, 3.8) is 0 Å². The van der Waals surface area contributed by atoms with Crippen molar-refractivity contribution >= 4 is 50.1 Å². The SMILES string of the molecule is COc1ccc(-c2cc(-c3ccccc3)nc(SCC(=O)Nc3nc(-c4ccc(Br)cc4)cs3)c2C#N)cc1. The number of halogens is 1. The lowest BCUT2D eigenvalue weighted by molar-refractivity contribution is -0.113. The van der Waals surface area contributed by atoms with Crippen molar-refractivity contribution in [1.82, 2.24) is 9.97 Å². The van der Waals surface area contributed by atoms with Crippen LogP contribution in [0.4, 0.5) is 5.13 Å². The van der Waals surface area contributed by atoms with E-state index < -0.39 is 0 Å². The summed E-state index contributed by atoms with van der Waals surface area (Å²) in [6.45, 7) is 0. The largest absolute Gasteiger partial charge is 0.497 e. The number of rotatable bonds is 8. The molecule has 0 bridgehead atoms. The van der Waals surface area contributed by atoms with E-state index in [2.05, 4.69) is 32.3 Å². The zero-order chi connectivity index (χ0) is 27.2. The minimum atomic E-state index is -0.224. The molecule has 0 spiro atoms. The Kier molecular flexibility index (Phi) is 8.37. The molecule has 0 radical (unpaired) electrons. The number of hydrogen-bond donors (Lipinski definition) is 1. The Morgan fingerprint density at radius 3 is 2.36 bits per heavy atom. The molecular formula is C30H21BrN4O2S2. The highest BCUT2D eigenvalue weighted by Gasteiger charge is 2.18. The quantitative estimate of drug-likeness (QED) is 0.179. The summed E-state index contributed by atoms with van der Waals surface area (Å²) >= 11 is 6.03. The van der Waals surface area contributed by atoms with Crippen LogP contribution in [0.2, 0.25) is 0 Å². The van der Waals surface area contributed by atoms with E-state index in [4.69, 9.17) is 9.72 Å². The van der Waals surface area contributed by atoms with Crippen molar-refractivity contribution in [2.75, 3.05) is 18.2 Å². The number of thiazole rings is 1. The van der Waals surface area contributed by atoms with Gasteiger partial charge in [0.05, 0.1) is 29.8 Å². The summed E-state index contributed by atoms with van der Waals surface area (Å²) in [7, 11) is 1.61. The zero-order valence-electron chi connectivity index (χ0n) is 20.7. The average molecular weight is 614 g/mol. The van der Waals surface area contributed by atoms with Crippen molar-refractivity contribution in [3.8, 4) is 45.5 Å². The maximum Gasteiger partial charge on any atom is 0.236 e. The van der Waals surface area contributed by atoms with Crippen LogP contribution in [0.1, 0.15) is 5.56 Å². The molecule has 0 saturated heterocycles. The molecule has 0 atom stereocenters. The Labute approximate surface area is 242 Å². The Balaban J connectivity index is 1.39. The van der Waals surface area contributed by atoms with Gasteiger partial charge < -0.3 is 10.1 Å². The molecule has 2 heterocycles. The van der Waals surface area contributed by atoms with Gasteiger partial charge in [-0.25, -0.2) is 9.97 Å². The highest BCUT2D eigenvalue weighted by atomic mass is 79.9. The minimum absolute atomic E-state index is 0.0785. The molecular weight excluding hydrogens is 592 g/mol. The molecule has 3 aromatic carbocycles. The number of carbonyl (C=O) groups excluding carboxylic acids is 1. The van der Waals surface area contributed by atoms with E-state index in [0.717, 1.165) is 43.9 Å². The first-order chi connectivity index (χ1) is 19.0. The number of amides is 1. The summed E-state index contributed by atoms with van der Waals surface area (Å²) in [4.78, 5) is 22.2. The fourth-order valence-corrected chi connectivity index (χ4v) is 5.67. The van der Waals surface area contributed by atoms with Gasteiger partial charge in [-0.15, -0.1) is 11.3 Å². The van der Waals surface area contributed by atoms with Gasteiger partial charge in [0.15, 0.2) is 5.13 Å². The molecule has 0 aliphatic carbocycles. The zero-order valence-corrected chi connectivity index (χ0v) is 23.9. The normalized spacial score (nSPS) is 10.6. The number of nitriles is 1. The second-order valence-corrected chi connectivity index (χ2v) is 11.1. The maximum atomic E-state index is 12.9. The highest BCUT2D eigenvalue weighted by Crippen LogP contribution is 2.35. The van der Waals surface area contributed by atoms with Crippen LogP contribution in [0.5, 0.6) is 5.75 Å². The molecule has 2 aromatic heterocycles. The first-order valence-electron chi connectivity index (χ1n) is 11.8. The fourth-order valence-electron chi connectivity index (χ4n) is 3.86. The number of carbonyl (C=O) groups is 1. The van der Waals surface area contributed by atoms with E-state index in [1.807, 2.05) is 90.3 Å². The van der Waals surface area contributed by atoms with E-state index >= 15 is 0 Å². The summed E-state index contributed by atoms with van der Waals surface area (Å²) in [6.07, 6.45) is 0. The molecule has 5 rings (SSSR count). The molecule has 1 N–H and O–H groups in total. The first-order valence-corrected chi connectivity index (χ1v) is 14.5. The smallest absolute Gasteiger partial charge is 0.236 e. The van der Waals surface area contributed by atoms with Crippen LogP contribution in [0, 0.1) is 11.3 Å². The van der Waals surface area contributed by atoms with Crippen LogP contribution in [-0.4, -0.2) is 28.7 Å². The lowest BCUT2D eigenvalue weighted by Gasteiger charge is -2.13. The van der Waals surface area contributed by atoms with Gasteiger partial charge in [-0.1, -0.05) is 82.3 Å². The molecule has 39 heavy (non-hydrogen) atoms. The van der Waals surface area contributed by atoms with Gasteiger partial charge in [-0.3, -0.25) is 4.79 Å². The van der Waals surface area contributed by atoms with Crippen molar-refractivity contribution in [3.05, 3.63) is 100 Å². The standard InChI is InChI=1S/C30H21BrN4O2S2/c1-37-23-13-9-19(10-14-23)24-15-26(20-5-3-2-4-6-20)33-29(25(24)16-32)38-18-28(36)35-30-34-27(17-39-30)21-7-11-22(31)12-8-21/h2-15,17H,18H2,1H3,(H,34,35,36). The van der Waals surface area contributed by atoms with Gasteiger partial charge >= 0.3 is 0 Å². The number of benzene rings is 3. The maximum absolute atomic E-state index is 12.9. The number of methoxy groups -OCH3 is 1. The fraction of sp³-hybridized carbons (Fsp3) is 0.0667. The average Bonchev–Trinajstić information content (AvgIpc) is 3.44. The van der Waals surface area contributed by atoms with E-state index in [-0.39, 0.29) is 11.7 Å². The topological polar surface area (TPSA) is 87.9 Å². The van der Waals surface area contributed by atoms with Gasteiger partial charge in [0.25, 0.3) is 0 Å². The van der Waals surface area contributed by atoms with Crippen molar-refractivity contribution in [2.24, 2.45) is 0 Å². The Morgan fingerprint density at radius 1 is 0.974 bits per heavy atom. The van der Waals surface area contributed by atoms with Crippen LogP contribution in [0.15, 0.2) is 99.8 Å². The predicted octanol–water partition coefficient (Wildman–Crippen LogP) is 7.91. The van der Waals surface area contributed by atoms with Crippen molar-refractivity contribution < 1.29 is 9.53 Å². The number of ether oxygens (including phenoxy) is 1. The number of thioether (sulfide) groups is 1. The predicted molar refractivity (Wildman–Crippen MR) is 161 cm³/mol. The Morgan fingerprint density at radius 2 is 1.67 bits per heavy atom. The molecule has 0 aliphatic heterocycles. The van der Waals surface area contributed by atoms with E-state index in [0.29, 0.717) is 15.7 Å². The molecule has 6 nitrogen and oxygen atoms in total. The van der Waals surface area contributed by atoms with Crippen LogP contribution in [0.3, 0.4) is 0 Å². The van der Waals surface area contributed by atoms with Crippen LogP contribution >= 0.6 is 39.0 Å². The van der Waals surface area contributed by atoms with Gasteiger partial charge in [0.2, 0.25) is 5.91 Å². The van der Waals surface area contributed by atoms with Crippen molar-refractivity contribution in [1.29, 1.82) is 5.26 Å². The number of hydrogen-bond acceptors (Lipinski definition) is 7. The van der Waals surface area contributed by atoms with E-state index in [1.165, 1.54) is 23.1 Å². The minimum Gasteiger partial charge on any atom is -0.497 e. The van der Waals surface area contributed by atoms with E-state index in [1.54, 1.807) is 7.11 Å². The molecule has 9 heteroatoms. The number of pyridine rings is 1. The Bertz CT molecular complexity index is 1650. The van der Waals surface area contributed by atoms with Gasteiger partial charge in [0, 0.05) is 26.5 Å². The third-order valence-corrected chi connectivity index (χ3v) is 8.06. The lowest BCUT2D eigenvalue weighted by atomic mass is 9.99. The third-order valence-electron chi connectivity index (χ3n) is 5.80. The van der Waals surface area contributed by atoms with Gasteiger partial charge in [0.1, 0.15) is 16.8 Å². The summed E-state index contributed by atoms with van der Waals surface area (Å²) in [6, 6.07) is 29.4. The number of nitrogens with one attached hydrogen (secondary N) is 1. The van der Waals surface area contributed by atoms with Crippen LogP contribution < -0.4 is 10.1 Å². The monoisotopic (exact) mass is 612 g/mol. The highest BCUT2D eigenvalue weighted by molar-refractivity contribution is 9.10. The summed E-state index contributed by atoms with van der Waals surface area (Å²) in [5.41, 5.74) is 5.44. The first kappa shape index (κ1) is 26.6. The second kappa shape index (κ2) is 12.3. The van der Waals surface area contributed by atoms with Crippen molar-refractivity contribution in [2.45, 2.75) is 5.03 Å². The summed E-state index contributed by atoms with van der Waals surface area (Å²) in [5.74, 6) is 0.583. The molecule has 1 amide bonds. The molecule has 0 fully saturated rings. The summed E-state index contributed by atoms with van der Waals surface area (Å²) in [5, 5.41) is 15.9. The molecule has 0 saturated carbocycles. The molecule has 0 aliphatic rings. The molecule has 5 aromatic rings. The van der Waals surface area contributed by atoms with Gasteiger partial charge in [-0.05, 0) is 35.9 Å². The number of anilines is 1. The summed E-state index contributed by atoms with van der Waals surface area (Å²) < 4.78 is 6.28. The third kappa shape index (κ3) is 6.37. The van der Waals surface area contributed by atoms with E-state index in [9.17, 15) is 10.1 Å². The molecule has 192 valence electrons.